The van der Waals surface area contributed by atoms with Gasteiger partial charge in [0.2, 0.25) is 0 Å². The number of nitrogens with zero attached hydrogens (tertiary/aromatic N) is 2. The van der Waals surface area contributed by atoms with Crippen LogP contribution in [-0.2, 0) is 6.54 Å². The van der Waals surface area contributed by atoms with E-state index in [-0.39, 0.29) is 11.0 Å². The lowest BCUT2D eigenvalue weighted by Gasteiger charge is -2.36. The topological polar surface area (TPSA) is 47.6 Å². The van der Waals surface area contributed by atoms with Gasteiger partial charge in [-0.05, 0) is 65.0 Å². The molecule has 0 bridgehead atoms. The number of thiocarbonyl (C=S) groups is 1. The summed E-state index contributed by atoms with van der Waals surface area (Å²) >= 11 is 8.97. The fraction of sp³-hybridized carbons (Fsp3) is 0.172. The zero-order valence-electron chi connectivity index (χ0n) is 19.8. The first-order chi connectivity index (χ1) is 17.6. The van der Waals surface area contributed by atoms with Gasteiger partial charge in [0.15, 0.2) is 5.11 Å². The van der Waals surface area contributed by atoms with Crippen LogP contribution in [0.25, 0.3) is 10.8 Å². The van der Waals surface area contributed by atoms with Gasteiger partial charge in [0.1, 0.15) is 0 Å². The van der Waals surface area contributed by atoms with Gasteiger partial charge in [-0.25, -0.2) is 0 Å². The van der Waals surface area contributed by atoms with Crippen molar-refractivity contribution in [1.29, 1.82) is 0 Å². The van der Waals surface area contributed by atoms with Crippen LogP contribution in [0.4, 0.5) is 11.4 Å². The summed E-state index contributed by atoms with van der Waals surface area (Å²) in [6.45, 7) is 5.06. The molecule has 1 saturated heterocycles. The van der Waals surface area contributed by atoms with Crippen LogP contribution in [0.2, 0.25) is 0 Å². The highest BCUT2D eigenvalue weighted by Crippen LogP contribution is 2.26. The molecule has 5 rings (SSSR count). The van der Waals surface area contributed by atoms with Gasteiger partial charge < -0.3 is 10.2 Å². The summed E-state index contributed by atoms with van der Waals surface area (Å²) in [5.74, 6) is -0.235. The first kappa shape index (κ1) is 24.4. The fourth-order valence-corrected chi connectivity index (χ4v) is 5.27. The van der Waals surface area contributed by atoms with Gasteiger partial charge in [-0.1, -0.05) is 70.5 Å². The van der Waals surface area contributed by atoms with Crippen molar-refractivity contribution in [1.82, 2.24) is 10.2 Å². The Kier molecular flexibility index (Phi) is 7.60. The van der Waals surface area contributed by atoms with E-state index in [9.17, 15) is 4.79 Å². The zero-order valence-corrected chi connectivity index (χ0v) is 22.2. The smallest absolute Gasteiger partial charge is 0.258 e. The van der Waals surface area contributed by atoms with E-state index in [4.69, 9.17) is 12.2 Å². The fourth-order valence-electron chi connectivity index (χ4n) is 4.56. The number of amides is 1. The van der Waals surface area contributed by atoms with E-state index in [1.54, 1.807) is 6.07 Å². The van der Waals surface area contributed by atoms with Crippen molar-refractivity contribution < 1.29 is 4.79 Å². The minimum absolute atomic E-state index is 0.235. The molecule has 2 N–H and O–H groups in total. The molecule has 0 spiro atoms. The van der Waals surface area contributed by atoms with E-state index < -0.39 is 0 Å². The van der Waals surface area contributed by atoms with Crippen LogP contribution in [0.3, 0.4) is 0 Å². The van der Waals surface area contributed by atoms with Crippen LogP contribution in [0.15, 0.2) is 95.5 Å². The normalized spacial score (nSPS) is 14.0. The molecule has 1 aliphatic heterocycles. The number of halogens is 1. The predicted molar refractivity (Wildman–Crippen MR) is 156 cm³/mol. The second-order valence-corrected chi connectivity index (χ2v) is 10.1. The van der Waals surface area contributed by atoms with Gasteiger partial charge in [0.05, 0.1) is 0 Å². The molecule has 7 heteroatoms. The number of piperazine rings is 1. The third-order valence-corrected chi connectivity index (χ3v) is 7.35. The van der Waals surface area contributed by atoms with Crippen LogP contribution in [0.1, 0.15) is 15.9 Å². The van der Waals surface area contributed by atoms with Gasteiger partial charge in [0, 0.05) is 54.1 Å². The second kappa shape index (κ2) is 11.2. The number of hydrogen-bond acceptors (Lipinski definition) is 4. The third kappa shape index (κ3) is 5.75. The van der Waals surface area contributed by atoms with E-state index in [0.29, 0.717) is 5.56 Å². The Bertz CT molecular complexity index is 1370. The lowest BCUT2D eigenvalue weighted by atomic mass is 10.0. The minimum atomic E-state index is -0.235. The predicted octanol–water partition coefficient (Wildman–Crippen LogP) is 6.05. The third-order valence-electron chi connectivity index (χ3n) is 6.45. The van der Waals surface area contributed by atoms with Crippen LogP contribution >= 0.6 is 28.1 Å². The summed E-state index contributed by atoms with van der Waals surface area (Å²) in [5, 5.41) is 8.07. The maximum absolute atomic E-state index is 12.9. The first-order valence-electron chi connectivity index (χ1n) is 12.0. The summed E-state index contributed by atoms with van der Waals surface area (Å²) < 4.78 is 0.952. The summed E-state index contributed by atoms with van der Waals surface area (Å²) in [5.41, 5.74) is 3.97. The second-order valence-electron chi connectivity index (χ2n) is 8.84. The lowest BCUT2D eigenvalue weighted by Crippen LogP contribution is -2.45. The highest BCUT2D eigenvalue weighted by molar-refractivity contribution is 9.10. The van der Waals surface area contributed by atoms with E-state index in [2.05, 4.69) is 78.8 Å². The van der Waals surface area contributed by atoms with Crippen molar-refractivity contribution >= 4 is 61.3 Å². The average molecular weight is 560 g/mol. The molecule has 0 unspecified atom stereocenters. The highest BCUT2D eigenvalue weighted by atomic mass is 79.9. The Hall–Kier alpha value is -3.26. The van der Waals surface area contributed by atoms with Crippen molar-refractivity contribution in [3.05, 3.63) is 107 Å². The van der Waals surface area contributed by atoms with E-state index >= 15 is 0 Å². The number of nitrogens with one attached hydrogen (secondary N) is 2. The Morgan fingerprint density at radius 1 is 0.806 bits per heavy atom. The van der Waals surface area contributed by atoms with Gasteiger partial charge in [-0.15, -0.1) is 0 Å². The number of carbonyl (C=O) groups is 1. The Balaban J connectivity index is 1.15. The molecular formula is C29H27BrN4OS. The number of benzene rings is 4. The highest BCUT2D eigenvalue weighted by Gasteiger charge is 2.17. The van der Waals surface area contributed by atoms with Crippen molar-refractivity contribution in [3.63, 3.8) is 0 Å². The standard InChI is InChI=1S/C29H27BrN4OS/c30-27-11-5-8-24-25(27)9-4-10-26(24)28(35)32-29(36)31-22-12-14-23(15-13-22)34-18-16-33(17-19-34)20-21-6-2-1-3-7-21/h1-15H,16-20H2,(H2,31,32,35,36). The van der Waals surface area contributed by atoms with E-state index in [1.807, 2.05) is 42.5 Å². The van der Waals surface area contributed by atoms with Gasteiger partial charge in [-0.2, -0.15) is 0 Å². The molecule has 4 aromatic rings. The number of anilines is 2. The van der Waals surface area contributed by atoms with Crippen LogP contribution < -0.4 is 15.5 Å². The number of fused-ring (bicyclic) bond motifs is 1. The molecule has 1 amide bonds. The van der Waals surface area contributed by atoms with E-state index in [1.165, 1.54) is 11.3 Å². The van der Waals surface area contributed by atoms with Crippen molar-refractivity contribution in [2.24, 2.45) is 0 Å². The van der Waals surface area contributed by atoms with Crippen molar-refractivity contribution in [2.75, 3.05) is 36.4 Å². The molecule has 1 heterocycles. The number of rotatable bonds is 5. The largest absolute Gasteiger partial charge is 0.369 e. The van der Waals surface area contributed by atoms with Crippen molar-refractivity contribution in [2.45, 2.75) is 6.54 Å². The molecule has 0 atom stereocenters. The number of hydrogen-bond donors (Lipinski definition) is 2. The van der Waals surface area contributed by atoms with Crippen LogP contribution in [0, 0.1) is 0 Å². The molecule has 5 nitrogen and oxygen atoms in total. The maximum Gasteiger partial charge on any atom is 0.258 e. The van der Waals surface area contributed by atoms with Crippen molar-refractivity contribution in [3.8, 4) is 0 Å². The van der Waals surface area contributed by atoms with Gasteiger partial charge >= 0.3 is 0 Å². The van der Waals surface area contributed by atoms with Gasteiger partial charge in [-0.3, -0.25) is 15.0 Å². The van der Waals surface area contributed by atoms with E-state index in [0.717, 1.165) is 53.7 Å². The zero-order chi connectivity index (χ0) is 24.9. The molecule has 1 fully saturated rings. The maximum atomic E-state index is 12.9. The molecule has 4 aromatic carbocycles. The quantitative estimate of drug-likeness (QED) is 0.292. The molecule has 36 heavy (non-hydrogen) atoms. The SMILES string of the molecule is O=C(NC(=S)Nc1ccc(N2CCN(Cc3ccccc3)CC2)cc1)c1cccc2c(Br)cccc12. The van der Waals surface area contributed by atoms with Crippen LogP contribution in [0.5, 0.6) is 0 Å². The lowest BCUT2D eigenvalue weighted by molar-refractivity contribution is 0.0979. The summed E-state index contributed by atoms with van der Waals surface area (Å²) in [4.78, 5) is 17.8. The minimum Gasteiger partial charge on any atom is -0.369 e. The molecule has 182 valence electrons. The molecule has 0 radical (unpaired) electrons. The molecule has 0 aromatic heterocycles. The Morgan fingerprint density at radius 3 is 2.25 bits per heavy atom. The summed E-state index contributed by atoms with van der Waals surface area (Å²) in [6.07, 6.45) is 0. The van der Waals surface area contributed by atoms with Gasteiger partial charge in [0.25, 0.3) is 5.91 Å². The average Bonchev–Trinajstić information content (AvgIpc) is 2.90. The molecular weight excluding hydrogens is 532 g/mol. The Labute approximate surface area is 225 Å². The van der Waals surface area contributed by atoms with Crippen LogP contribution in [-0.4, -0.2) is 42.1 Å². The summed E-state index contributed by atoms with van der Waals surface area (Å²) in [7, 11) is 0. The Morgan fingerprint density at radius 2 is 1.50 bits per heavy atom. The monoisotopic (exact) mass is 558 g/mol. The molecule has 0 aliphatic carbocycles. The molecule has 1 aliphatic rings. The number of carbonyl (C=O) groups excluding carboxylic acids is 1. The summed E-state index contributed by atoms with van der Waals surface area (Å²) in [6, 6.07) is 30.3. The first-order valence-corrected chi connectivity index (χ1v) is 13.2. The molecule has 0 saturated carbocycles.